The molecule has 0 spiro atoms. The second-order valence-corrected chi connectivity index (χ2v) is 11.1. The summed E-state index contributed by atoms with van der Waals surface area (Å²) in [6.07, 6.45) is 8.67. The van der Waals surface area contributed by atoms with Crippen molar-refractivity contribution in [2.24, 2.45) is 5.92 Å². The lowest BCUT2D eigenvalue weighted by molar-refractivity contribution is -0.134. The summed E-state index contributed by atoms with van der Waals surface area (Å²) >= 11 is 6.27. The Labute approximate surface area is 235 Å². The van der Waals surface area contributed by atoms with Crippen LogP contribution in [0.5, 0.6) is 5.75 Å². The van der Waals surface area contributed by atoms with Crippen LogP contribution in [0.25, 0.3) is 0 Å². The molecular formula is C29H40ClN5O4. The van der Waals surface area contributed by atoms with Gasteiger partial charge in [-0.3, -0.25) is 9.78 Å². The quantitative estimate of drug-likeness (QED) is 0.388. The van der Waals surface area contributed by atoms with Crippen molar-refractivity contribution in [3.05, 3.63) is 52.8 Å². The first-order valence-electron chi connectivity index (χ1n) is 13.9. The molecule has 4 N–H and O–H groups in total. The summed E-state index contributed by atoms with van der Waals surface area (Å²) in [6, 6.07) is 6.95. The summed E-state index contributed by atoms with van der Waals surface area (Å²) in [7, 11) is 0. The molecule has 3 unspecified atom stereocenters. The number of benzene rings is 1. The predicted molar refractivity (Wildman–Crippen MR) is 152 cm³/mol. The van der Waals surface area contributed by atoms with Crippen LogP contribution >= 0.6 is 11.6 Å². The fourth-order valence-corrected chi connectivity index (χ4v) is 5.43. The summed E-state index contributed by atoms with van der Waals surface area (Å²) in [5.74, 6) is 0.503. The van der Waals surface area contributed by atoms with E-state index < -0.39 is 0 Å². The molecule has 9 nitrogen and oxygen atoms in total. The molecule has 1 fully saturated rings. The van der Waals surface area contributed by atoms with E-state index in [0.717, 1.165) is 31.2 Å². The van der Waals surface area contributed by atoms with Crippen molar-refractivity contribution >= 4 is 29.2 Å². The predicted octanol–water partition coefficient (Wildman–Crippen LogP) is 4.13. The lowest BCUT2D eigenvalue weighted by Gasteiger charge is -2.32. The van der Waals surface area contributed by atoms with Gasteiger partial charge >= 0.3 is 6.03 Å². The Morgan fingerprint density at radius 3 is 2.79 bits per heavy atom. The van der Waals surface area contributed by atoms with Crippen molar-refractivity contribution < 1.29 is 19.4 Å². The van der Waals surface area contributed by atoms with E-state index in [0.29, 0.717) is 41.7 Å². The second kappa shape index (κ2) is 14.0. The summed E-state index contributed by atoms with van der Waals surface area (Å²) < 4.78 is 6.51. The van der Waals surface area contributed by atoms with E-state index in [1.54, 1.807) is 17.3 Å². The number of hydrogen-bond acceptors (Lipinski definition) is 6. The van der Waals surface area contributed by atoms with Crippen molar-refractivity contribution in [1.29, 1.82) is 0 Å². The zero-order valence-corrected chi connectivity index (χ0v) is 23.5. The Morgan fingerprint density at radius 2 is 2.05 bits per heavy atom. The Hall–Kier alpha value is -2.88. The smallest absolute Gasteiger partial charge is 0.319 e. The summed E-state index contributed by atoms with van der Waals surface area (Å²) in [6.45, 7) is 5.29. The monoisotopic (exact) mass is 557 g/mol. The molecular weight excluding hydrogens is 518 g/mol. The van der Waals surface area contributed by atoms with Crippen LogP contribution in [0.1, 0.15) is 57.1 Å². The highest BCUT2D eigenvalue weighted by Gasteiger charge is 2.30. The molecule has 3 amide bonds. The fraction of sp³-hybridized carbons (Fsp3) is 0.552. The number of halogens is 1. The normalized spacial score (nSPS) is 21.1. The largest absolute Gasteiger partial charge is 0.488 e. The van der Waals surface area contributed by atoms with E-state index in [1.807, 2.05) is 38.1 Å². The van der Waals surface area contributed by atoms with Crippen LogP contribution in [0, 0.1) is 5.92 Å². The number of carbonyl (C=O) groups is 2. The van der Waals surface area contributed by atoms with Gasteiger partial charge in [-0.25, -0.2) is 4.79 Å². The van der Waals surface area contributed by atoms with Gasteiger partial charge in [0.15, 0.2) is 0 Å². The lowest BCUT2D eigenvalue weighted by Crippen LogP contribution is -2.47. The van der Waals surface area contributed by atoms with Gasteiger partial charge < -0.3 is 30.7 Å². The third-order valence-electron chi connectivity index (χ3n) is 7.63. The molecule has 0 saturated heterocycles. The standard InChI is InChI=1S/C29H40ClN5O4/c1-19-17-35(20(2)18-36)28(37)13-22-12-24(34-29(38)33-23-6-4-3-5-7-23)8-9-26(22)39-27(19)16-32-14-21-10-11-31-15-25(21)30/h8-12,15,19-20,23,27,32,36H,3-7,13-14,16-18H2,1-2H3,(H2,33,34,38). The van der Waals surface area contributed by atoms with Crippen LogP contribution in [0.15, 0.2) is 36.7 Å². The number of carbonyl (C=O) groups excluding carboxylic acids is 2. The minimum absolute atomic E-state index is 0.0200. The summed E-state index contributed by atoms with van der Waals surface area (Å²) in [5.41, 5.74) is 2.24. The van der Waals surface area contributed by atoms with Crippen molar-refractivity contribution in [1.82, 2.24) is 20.5 Å². The van der Waals surface area contributed by atoms with Crippen molar-refractivity contribution in [3.63, 3.8) is 0 Å². The van der Waals surface area contributed by atoms with E-state index in [-0.39, 0.29) is 49.1 Å². The number of fused-ring (bicyclic) bond motifs is 1. The van der Waals surface area contributed by atoms with Crippen LogP contribution in [-0.4, -0.2) is 64.8 Å². The molecule has 2 heterocycles. The van der Waals surface area contributed by atoms with Gasteiger partial charge in [-0.2, -0.15) is 0 Å². The minimum Gasteiger partial charge on any atom is -0.488 e. The maximum absolute atomic E-state index is 13.4. The van der Waals surface area contributed by atoms with Gasteiger partial charge in [0, 0.05) is 55.2 Å². The number of aliphatic hydroxyl groups excluding tert-OH is 1. The van der Waals surface area contributed by atoms with Crippen molar-refractivity contribution in [3.8, 4) is 5.75 Å². The number of rotatable bonds is 8. The van der Waals surface area contributed by atoms with E-state index in [1.165, 1.54) is 6.42 Å². The third-order valence-corrected chi connectivity index (χ3v) is 7.97. The Bertz CT molecular complexity index is 1130. The Kier molecular flexibility index (Phi) is 10.4. The molecule has 3 atom stereocenters. The number of nitrogens with one attached hydrogen (secondary N) is 3. The van der Waals surface area contributed by atoms with Crippen molar-refractivity contribution in [2.45, 2.75) is 77.1 Å². The first-order chi connectivity index (χ1) is 18.8. The maximum Gasteiger partial charge on any atom is 0.319 e. The summed E-state index contributed by atoms with van der Waals surface area (Å²) in [5, 5.41) is 19.9. The SMILES string of the molecule is CC1CN(C(C)CO)C(=O)Cc2cc(NC(=O)NC3CCCCC3)ccc2OC1CNCc1ccncc1Cl. The minimum atomic E-state index is -0.326. The number of urea groups is 1. The fourth-order valence-electron chi connectivity index (χ4n) is 5.25. The molecule has 1 aromatic carbocycles. The van der Waals surface area contributed by atoms with E-state index in [4.69, 9.17) is 16.3 Å². The number of hydrogen-bond donors (Lipinski definition) is 4. The number of aromatic nitrogens is 1. The molecule has 1 aliphatic heterocycles. The van der Waals surface area contributed by atoms with Crippen LogP contribution in [0.4, 0.5) is 10.5 Å². The zero-order valence-electron chi connectivity index (χ0n) is 22.8. The first-order valence-corrected chi connectivity index (χ1v) is 14.3. The average molecular weight is 558 g/mol. The number of ether oxygens (including phenoxy) is 1. The van der Waals surface area contributed by atoms with Crippen molar-refractivity contribution in [2.75, 3.05) is 25.0 Å². The van der Waals surface area contributed by atoms with Crippen LogP contribution < -0.4 is 20.7 Å². The Balaban J connectivity index is 1.51. The highest BCUT2D eigenvalue weighted by Crippen LogP contribution is 2.29. The molecule has 1 aromatic heterocycles. The number of nitrogens with zero attached hydrogens (tertiary/aromatic N) is 2. The van der Waals surface area contributed by atoms with Gasteiger partial charge in [-0.1, -0.05) is 37.8 Å². The van der Waals surface area contributed by atoms with Crippen LogP contribution in [-0.2, 0) is 17.8 Å². The van der Waals surface area contributed by atoms with E-state index in [9.17, 15) is 14.7 Å². The number of aliphatic hydroxyl groups is 1. The molecule has 10 heteroatoms. The van der Waals surface area contributed by atoms with Gasteiger partial charge in [0.2, 0.25) is 5.91 Å². The van der Waals surface area contributed by atoms with Gasteiger partial charge in [-0.15, -0.1) is 0 Å². The van der Waals surface area contributed by atoms with E-state index in [2.05, 4.69) is 20.9 Å². The highest BCUT2D eigenvalue weighted by molar-refractivity contribution is 6.31. The second-order valence-electron chi connectivity index (χ2n) is 10.7. The molecule has 212 valence electrons. The van der Waals surface area contributed by atoms with Gasteiger partial charge in [0.05, 0.1) is 24.1 Å². The molecule has 1 saturated carbocycles. The average Bonchev–Trinajstić information content (AvgIpc) is 2.97. The van der Waals surface area contributed by atoms with E-state index >= 15 is 0 Å². The number of amides is 3. The number of pyridine rings is 1. The number of anilines is 1. The van der Waals surface area contributed by atoms with Gasteiger partial charge in [0.1, 0.15) is 11.9 Å². The molecule has 2 aromatic rings. The zero-order chi connectivity index (χ0) is 27.8. The van der Waals surface area contributed by atoms with Gasteiger partial charge in [0.25, 0.3) is 0 Å². The van der Waals surface area contributed by atoms with Crippen LogP contribution in [0.2, 0.25) is 5.02 Å². The molecule has 0 radical (unpaired) electrons. The maximum atomic E-state index is 13.4. The summed E-state index contributed by atoms with van der Waals surface area (Å²) in [4.78, 5) is 31.8. The van der Waals surface area contributed by atoms with Gasteiger partial charge in [-0.05, 0) is 49.6 Å². The first kappa shape index (κ1) is 29.1. The third kappa shape index (κ3) is 8.06. The lowest BCUT2D eigenvalue weighted by atomic mass is 9.96. The highest BCUT2D eigenvalue weighted by atomic mass is 35.5. The molecule has 39 heavy (non-hydrogen) atoms. The molecule has 4 rings (SSSR count). The topological polar surface area (TPSA) is 116 Å². The Morgan fingerprint density at radius 1 is 1.26 bits per heavy atom. The molecule has 2 aliphatic rings. The van der Waals surface area contributed by atoms with Crippen LogP contribution in [0.3, 0.4) is 0 Å². The molecule has 1 aliphatic carbocycles. The molecule has 0 bridgehead atoms.